The van der Waals surface area contributed by atoms with Gasteiger partial charge in [0.05, 0.1) is 19.3 Å². The quantitative estimate of drug-likeness (QED) is 0.778. The van der Waals surface area contributed by atoms with Gasteiger partial charge in [0.25, 0.3) is 0 Å². The smallest absolute Gasteiger partial charge is 0.184 e. The number of benzene rings is 1. The largest absolute Gasteiger partial charge is 0.385 e. The molecule has 6 atom stereocenters. The van der Waals surface area contributed by atoms with Crippen molar-refractivity contribution >= 4 is 0 Å². The van der Waals surface area contributed by atoms with Crippen LogP contribution in [-0.4, -0.2) is 58.6 Å². The molecule has 0 radical (unpaired) electrons. The number of hydrogen-bond acceptors (Lipinski definition) is 6. The molecular weight excluding hydrogens is 310 g/mol. The lowest BCUT2D eigenvalue weighted by molar-refractivity contribution is -0.192. The monoisotopic (exact) mass is 333 g/mol. The average Bonchev–Trinajstić information content (AvgIpc) is 3.18. The van der Waals surface area contributed by atoms with Crippen LogP contribution in [0.2, 0.25) is 0 Å². The van der Waals surface area contributed by atoms with E-state index in [1.807, 2.05) is 35.4 Å². The van der Waals surface area contributed by atoms with Gasteiger partial charge >= 0.3 is 0 Å². The second-order valence-electron chi connectivity index (χ2n) is 6.76. The molecule has 3 aliphatic rings. The van der Waals surface area contributed by atoms with Crippen molar-refractivity contribution in [1.29, 1.82) is 0 Å². The first-order valence-electron chi connectivity index (χ1n) is 8.35. The Hall–Kier alpha value is -1.28. The van der Waals surface area contributed by atoms with E-state index in [1.54, 1.807) is 6.08 Å². The molecule has 24 heavy (non-hydrogen) atoms. The van der Waals surface area contributed by atoms with Crippen LogP contribution in [0.4, 0.5) is 0 Å². The van der Waals surface area contributed by atoms with E-state index in [0.29, 0.717) is 26.2 Å². The van der Waals surface area contributed by atoms with Crippen molar-refractivity contribution in [3.63, 3.8) is 0 Å². The predicted octanol–water partition coefficient (Wildman–Crippen LogP) is 0.842. The Kier molecular flexibility index (Phi) is 4.20. The number of aliphatic hydroxyl groups is 2. The molecule has 6 nitrogen and oxygen atoms in total. The summed E-state index contributed by atoms with van der Waals surface area (Å²) in [5.74, 6) is 0.200. The Balaban J connectivity index is 1.58. The zero-order chi connectivity index (χ0) is 16.7. The van der Waals surface area contributed by atoms with E-state index in [0.717, 1.165) is 5.56 Å². The summed E-state index contributed by atoms with van der Waals surface area (Å²) in [6, 6.07) is 10.0. The Labute approximate surface area is 141 Å². The van der Waals surface area contributed by atoms with E-state index >= 15 is 0 Å². The molecule has 0 aromatic heterocycles. The number of rotatable bonds is 5. The summed E-state index contributed by atoms with van der Waals surface area (Å²) in [6.07, 6.45) is -0.486. The molecule has 2 unspecified atom stereocenters. The summed E-state index contributed by atoms with van der Waals surface area (Å²) >= 11 is 0. The lowest BCUT2D eigenvalue weighted by Crippen LogP contribution is -2.51. The van der Waals surface area contributed by atoms with Gasteiger partial charge in [-0.1, -0.05) is 36.4 Å². The maximum Gasteiger partial charge on any atom is 0.184 e. The Morgan fingerprint density at radius 3 is 2.88 bits per heavy atom. The Morgan fingerprint density at radius 2 is 2.12 bits per heavy atom. The van der Waals surface area contributed by atoms with E-state index < -0.39 is 24.1 Å². The van der Waals surface area contributed by atoms with Crippen molar-refractivity contribution in [1.82, 2.24) is 5.06 Å². The van der Waals surface area contributed by atoms with Crippen LogP contribution < -0.4 is 0 Å². The third kappa shape index (κ3) is 2.42. The summed E-state index contributed by atoms with van der Waals surface area (Å²) in [4.78, 5) is 5.87. The fourth-order valence-electron chi connectivity index (χ4n) is 4.31. The van der Waals surface area contributed by atoms with Gasteiger partial charge in [-0.25, -0.2) is 0 Å². The lowest BCUT2D eigenvalue weighted by Gasteiger charge is -2.33. The molecule has 130 valence electrons. The zero-order valence-corrected chi connectivity index (χ0v) is 13.5. The standard InChI is InChI=1S/C18H23NO5/c1-2-8-22-18-9-13-11-23-19(10-12-6-4-3-5-7-12)14(13)16(18)24-17(21)15(18)20/h2-7,13-17,20-21H,1,8-11H2/t13-,14+,15+,16?,17?,18+/m1/s1. The highest BCUT2D eigenvalue weighted by Crippen LogP contribution is 2.52. The van der Waals surface area contributed by atoms with Crippen molar-refractivity contribution in [2.24, 2.45) is 5.92 Å². The van der Waals surface area contributed by atoms with Crippen molar-refractivity contribution < 1.29 is 24.5 Å². The van der Waals surface area contributed by atoms with E-state index in [4.69, 9.17) is 14.3 Å². The highest BCUT2D eigenvalue weighted by molar-refractivity contribution is 5.18. The Bertz CT molecular complexity index is 596. The van der Waals surface area contributed by atoms with E-state index in [1.165, 1.54) is 0 Å². The highest BCUT2D eigenvalue weighted by Gasteiger charge is 2.68. The number of hydrogen-bond donors (Lipinski definition) is 2. The molecule has 1 aromatic carbocycles. The van der Waals surface area contributed by atoms with Gasteiger partial charge in [0.1, 0.15) is 17.8 Å². The predicted molar refractivity (Wildman–Crippen MR) is 85.6 cm³/mol. The van der Waals surface area contributed by atoms with Gasteiger partial charge in [-0.15, -0.1) is 6.58 Å². The minimum atomic E-state index is -1.24. The summed E-state index contributed by atoms with van der Waals surface area (Å²) in [7, 11) is 0. The van der Waals surface area contributed by atoms with Gasteiger partial charge in [-0.2, -0.15) is 5.06 Å². The van der Waals surface area contributed by atoms with Crippen LogP contribution in [0.1, 0.15) is 12.0 Å². The van der Waals surface area contributed by atoms with Crippen molar-refractivity contribution in [2.45, 2.75) is 43.1 Å². The minimum Gasteiger partial charge on any atom is -0.385 e. The van der Waals surface area contributed by atoms with Gasteiger partial charge in [0.15, 0.2) is 6.29 Å². The van der Waals surface area contributed by atoms with Crippen LogP contribution in [0.25, 0.3) is 0 Å². The van der Waals surface area contributed by atoms with E-state index in [2.05, 4.69) is 6.58 Å². The van der Waals surface area contributed by atoms with Crippen molar-refractivity contribution in [3.8, 4) is 0 Å². The van der Waals surface area contributed by atoms with Crippen molar-refractivity contribution in [3.05, 3.63) is 48.6 Å². The number of ether oxygens (including phenoxy) is 2. The summed E-state index contributed by atoms with van der Waals surface area (Å²) in [5.41, 5.74) is 0.239. The summed E-state index contributed by atoms with van der Waals surface area (Å²) < 4.78 is 11.7. The molecule has 6 heteroatoms. The van der Waals surface area contributed by atoms with E-state index in [9.17, 15) is 10.2 Å². The maximum atomic E-state index is 10.5. The van der Waals surface area contributed by atoms with E-state index in [-0.39, 0.29) is 12.0 Å². The first-order chi connectivity index (χ1) is 11.7. The van der Waals surface area contributed by atoms with Crippen LogP contribution in [0.5, 0.6) is 0 Å². The second-order valence-corrected chi connectivity index (χ2v) is 6.76. The molecule has 0 spiro atoms. The van der Waals surface area contributed by atoms with Crippen LogP contribution in [-0.2, 0) is 20.9 Å². The fraction of sp³-hybridized carbons (Fsp3) is 0.556. The van der Waals surface area contributed by atoms with Crippen LogP contribution >= 0.6 is 0 Å². The molecule has 1 aliphatic carbocycles. The number of fused-ring (bicyclic) bond motifs is 3. The third-order valence-electron chi connectivity index (χ3n) is 5.35. The molecule has 2 N–H and O–H groups in total. The van der Waals surface area contributed by atoms with Crippen LogP contribution in [0.3, 0.4) is 0 Å². The number of aliphatic hydroxyl groups excluding tert-OH is 2. The number of hydroxylamine groups is 2. The van der Waals surface area contributed by atoms with Gasteiger partial charge in [-0.3, -0.25) is 4.84 Å². The summed E-state index contributed by atoms with van der Waals surface area (Å²) in [6.45, 7) is 5.18. The topological polar surface area (TPSA) is 71.4 Å². The third-order valence-corrected chi connectivity index (χ3v) is 5.35. The molecule has 2 aliphatic heterocycles. The minimum absolute atomic E-state index is 0.0539. The lowest BCUT2D eigenvalue weighted by atomic mass is 9.93. The maximum absolute atomic E-state index is 10.5. The first-order valence-corrected chi connectivity index (χ1v) is 8.35. The molecule has 0 amide bonds. The molecule has 2 heterocycles. The SMILES string of the molecule is C=CCO[C@]12C[C@@H]3CON(Cc4ccccc4)[C@@H]3C1OC(O)[C@@H]2O. The van der Waals surface area contributed by atoms with Gasteiger partial charge in [-0.05, 0) is 12.0 Å². The van der Waals surface area contributed by atoms with Gasteiger partial charge in [0.2, 0.25) is 0 Å². The fourth-order valence-corrected chi connectivity index (χ4v) is 4.31. The molecule has 3 fully saturated rings. The molecule has 1 saturated carbocycles. The molecular formula is C18H23NO5. The van der Waals surface area contributed by atoms with Gasteiger partial charge < -0.3 is 19.7 Å². The van der Waals surface area contributed by atoms with Crippen LogP contribution in [0, 0.1) is 5.92 Å². The Morgan fingerprint density at radius 1 is 1.33 bits per heavy atom. The highest BCUT2D eigenvalue weighted by atomic mass is 16.7. The van der Waals surface area contributed by atoms with Crippen molar-refractivity contribution in [2.75, 3.05) is 13.2 Å². The second kappa shape index (κ2) is 6.22. The first kappa shape index (κ1) is 16.2. The number of nitrogens with zero attached hydrogens (tertiary/aromatic N) is 1. The molecule has 4 rings (SSSR count). The molecule has 2 saturated heterocycles. The molecule has 1 aromatic rings. The zero-order valence-electron chi connectivity index (χ0n) is 13.5. The van der Waals surface area contributed by atoms with Crippen LogP contribution in [0.15, 0.2) is 43.0 Å². The van der Waals surface area contributed by atoms with Gasteiger partial charge in [0, 0.05) is 12.5 Å². The normalized spacial score (nSPS) is 41.3. The molecule has 0 bridgehead atoms. The average molecular weight is 333 g/mol. The summed E-state index contributed by atoms with van der Waals surface area (Å²) in [5, 5.41) is 22.4.